The van der Waals surface area contributed by atoms with Crippen LogP contribution in [0.25, 0.3) is 0 Å². The number of carboxylic acid groups (broad SMARTS) is 1. The van der Waals surface area contributed by atoms with Crippen molar-refractivity contribution in [2.45, 2.75) is 19.9 Å². The van der Waals surface area contributed by atoms with Gasteiger partial charge in [-0.3, -0.25) is 4.79 Å². The molecule has 0 bridgehead atoms. The molecule has 0 amide bonds. The summed E-state index contributed by atoms with van der Waals surface area (Å²) in [5.74, 6) is -3.72. The number of rotatable bonds is 5. The van der Waals surface area contributed by atoms with Crippen LogP contribution in [0.15, 0.2) is 18.2 Å². The molecule has 0 aromatic heterocycles. The number of halogens is 2. The van der Waals surface area contributed by atoms with Crippen LogP contribution >= 0.6 is 0 Å². The molecule has 0 aliphatic rings. The van der Waals surface area contributed by atoms with Gasteiger partial charge in [-0.2, -0.15) is 0 Å². The first-order valence-electron chi connectivity index (χ1n) is 5.73. The SMILES string of the molecule is CNC(c1ccc(F)c(F)c1)C(C(=O)O)C(C)C. The molecule has 0 spiro atoms. The molecule has 0 radical (unpaired) electrons. The number of carboxylic acids is 1. The average molecular weight is 257 g/mol. The quantitative estimate of drug-likeness (QED) is 0.852. The minimum atomic E-state index is -0.972. The topological polar surface area (TPSA) is 49.3 Å². The summed E-state index contributed by atoms with van der Waals surface area (Å²) in [7, 11) is 1.60. The first-order chi connectivity index (χ1) is 8.38. The molecule has 2 N–H and O–H groups in total. The van der Waals surface area contributed by atoms with Crippen molar-refractivity contribution in [2.24, 2.45) is 11.8 Å². The zero-order valence-electron chi connectivity index (χ0n) is 10.6. The maximum atomic E-state index is 13.2. The van der Waals surface area contributed by atoms with Crippen molar-refractivity contribution in [3.8, 4) is 0 Å². The highest BCUT2D eigenvalue weighted by molar-refractivity contribution is 5.71. The molecule has 100 valence electrons. The zero-order chi connectivity index (χ0) is 13.9. The fraction of sp³-hybridized carbons (Fsp3) is 0.462. The third kappa shape index (κ3) is 3.04. The molecular formula is C13H17F2NO2. The van der Waals surface area contributed by atoms with E-state index in [4.69, 9.17) is 0 Å². The maximum Gasteiger partial charge on any atom is 0.308 e. The lowest BCUT2D eigenvalue weighted by Crippen LogP contribution is -2.34. The van der Waals surface area contributed by atoms with Crippen LogP contribution in [0, 0.1) is 23.5 Å². The van der Waals surface area contributed by atoms with E-state index in [2.05, 4.69) is 5.32 Å². The lowest BCUT2D eigenvalue weighted by molar-refractivity contribution is -0.144. The van der Waals surface area contributed by atoms with Gasteiger partial charge < -0.3 is 10.4 Å². The third-order valence-corrected chi connectivity index (χ3v) is 2.98. The molecule has 2 atom stereocenters. The molecule has 0 aliphatic heterocycles. The summed E-state index contributed by atoms with van der Waals surface area (Å²) < 4.78 is 26.1. The Bertz CT molecular complexity index is 435. The molecule has 1 aromatic carbocycles. The maximum absolute atomic E-state index is 13.2. The van der Waals surface area contributed by atoms with E-state index in [1.165, 1.54) is 6.07 Å². The van der Waals surface area contributed by atoms with Gasteiger partial charge in [0.1, 0.15) is 0 Å². The van der Waals surface area contributed by atoms with Crippen molar-refractivity contribution < 1.29 is 18.7 Å². The second-order valence-electron chi connectivity index (χ2n) is 4.55. The van der Waals surface area contributed by atoms with Crippen LogP contribution in [0.2, 0.25) is 0 Å². The lowest BCUT2D eigenvalue weighted by atomic mass is 9.84. The molecule has 0 saturated heterocycles. The average Bonchev–Trinajstić information content (AvgIpc) is 2.28. The Morgan fingerprint density at radius 1 is 1.28 bits per heavy atom. The molecule has 18 heavy (non-hydrogen) atoms. The Labute approximate surface area is 105 Å². The van der Waals surface area contributed by atoms with Crippen molar-refractivity contribution in [2.75, 3.05) is 7.05 Å². The number of hydrogen-bond acceptors (Lipinski definition) is 2. The van der Waals surface area contributed by atoms with Gasteiger partial charge in [-0.25, -0.2) is 8.78 Å². The second-order valence-corrected chi connectivity index (χ2v) is 4.55. The van der Waals surface area contributed by atoms with Gasteiger partial charge >= 0.3 is 5.97 Å². The first-order valence-corrected chi connectivity index (χ1v) is 5.73. The van der Waals surface area contributed by atoms with Crippen molar-refractivity contribution in [1.29, 1.82) is 0 Å². The Balaban J connectivity index is 3.14. The van der Waals surface area contributed by atoms with Crippen molar-refractivity contribution >= 4 is 5.97 Å². The van der Waals surface area contributed by atoms with Crippen LogP contribution in [-0.2, 0) is 4.79 Å². The van der Waals surface area contributed by atoms with E-state index >= 15 is 0 Å². The van der Waals surface area contributed by atoms with Crippen LogP contribution in [0.4, 0.5) is 8.78 Å². The number of benzene rings is 1. The Kier molecular flexibility index (Phi) is 4.78. The minimum absolute atomic E-state index is 0.131. The van der Waals surface area contributed by atoms with Gasteiger partial charge in [0.25, 0.3) is 0 Å². The second kappa shape index (κ2) is 5.91. The van der Waals surface area contributed by atoms with Crippen molar-refractivity contribution in [3.63, 3.8) is 0 Å². The van der Waals surface area contributed by atoms with Gasteiger partial charge in [0.15, 0.2) is 11.6 Å². The highest BCUT2D eigenvalue weighted by Gasteiger charge is 2.31. The summed E-state index contributed by atoms with van der Waals surface area (Å²) in [5.41, 5.74) is 0.428. The van der Waals surface area contributed by atoms with Gasteiger partial charge in [0, 0.05) is 6.04 Å². The smallest absolute Gasteiger partial charge is 0.308 e. The molecule has 1 rings (SSSR count). The number of nitrogens with one attached hydrogen (secondary N) is 1. The fourth-order valence-corrected chi connectivity index (χ4v) is 2.07. The van der Waals surface area contributed by atoms with Crippen LogP contribution in [-0.4, -0.2) is 18.1 Å². The van der Waals surface area contributed by atoms with Crippen LogP contribution in [0.5, 0.6) is 0 Å². The van der Waals surface area contributed by atoms with E-state index in [0.717, 1.165) is 12.1 Å². The van der Waals surface area contributed by atoms with Crippen molar-refractivity contribution in [3.05, 3.63) is 35.4 Å². The predicted molar refractivity (Wildman–Crippen MR) is 64.1 cm³/mol. The monoisotopic (exact) mass is 257 g/mol. The molecule has 0 saturated carbocycles. The molecule has 1 aromatic rings. The third-order valence-electron chi connectivity index (χ3n) is 2.98. The van der Waals surface area contributed by atoms with E-state index in [1.54, 1.807) is 20.9 Å². The highest BCUT2D eigenvalue weighted by Crippen LogP contribution is 2.29. The predicted octanol–water partition coefficient (Wildman–Crippen LogP) is 2.58. The summed E-state index contributed by atoms with van der Waals surface area (Å²) in [5, 5.41) is 12.1. The van der Waals surface area contributed by atoms with Gasteiger partial charge in [-0.1, -0.05) is 19.9 Å². The Hall–Kier alpha value is -1.49. The van der Waals surface area contributed by atoms with Crippen LogP contribution < -0.4 is 5.32 Å². The first kappa shape index (κ1) is 14.6. The van der Waals surface area contributed by atoms with Gasteiger partial charge in [0.2, 0.25) is 0 Å². The normalized spacial score (nSPS) is 14.6. The fourth-order valence-electron chi connectivity index (χ4n) is 2.07. The van der Waals surface area contributed by atoms with Gasteiger partial charge in [-0.05, 0) is 30.7 Å². The van der Waals surface area contributed by atoms with E-state index < -0.39 is 29.6 Å². The van der Waals surface area contributed by atoms with Gasteiger partial charge in [0.05, 0.1) is 5.92 Å². The number of hydrogen-bond donors (Lipinski definition) is 2. The Morgan fingerprint density at radius 2 is 1.89 bits per heavy atom. The van der Waals surface area contributed by atoms with E-state index in [0.29, 0.717) is 5.56 Å². The minimum Gasteiger partial charge on any atom is -0.481 e. The molecule has 3 nitrogen and oxygen atoms in total. The summed E-state index contributed by atoms with van der Waals surface area (Å²) >= 11 is 0. The number of carbonyl (C=O) groups is 1. The van der Waals surface area contributed by atoms with Crippen molar-refractivity contribution in [1.82, 2.24) is 5.32 Å². The number of aliphatic carboxylic acids is 1. The summed E-state index contributed by atoms with van der Waals surface area (Å²) in [6.45, 7) is 3.56. The Morgan fingerprint density at radius 3 is 2.28 bits per heavy atom. The molecule has 2 unspecified atom stereocenters. The van der Waals surface area contributed by atoms with Crippen LogP contribution in [0.1, 0.15) is 25.5 Å². The highest BCUT2D eigenvalue weighted by atomic mass is 19.2. The molecular weight excluding hydrogens is 240 g/mol. The van der Waals surface area contributed by atoms with Gasteiger partial charge in [-0.15, -0.1) is 0 Å². The summed E-state index contributed by atoms with van der Waals surface area (Å²) in [6.07, 6.45) is 0. The molecule has 5 heteroatoms. The van der Waals surface area contributed by atoms with E-state index in [9.17, 15) is 18.7 Å². The van der Waals surface area contributed by atoms with E-state index in [-0.39, 0.29) is 5.92 Å². The summed E-state index contributed by atoms with van der Waals surface area (Å²) in [4.78, 5) is 11.3. The summed E-state index contributed by atoms with van der Waals surface area (Å²) in [6, 6.07) is 2.89. The molecule has 0 heterocycles. The molecule has 0 fully saturated rings. The lowest BCUT2D eigenvalue weighted by Gasteiger charge is -2.27. The van der Waals surface area contributed by atoms with E-state index in [1.807, 2.05) is 0 Å². The standard InChI is InChI=1S/C13H17F2NO2/c1-7(2)11(13(17)18)12(16-3)8-4-5-9(14)10(15)6-8/h4-7,11-12,16H,1-3H3,(H,17,18). The molecule has 0 aliphatic carbocycles. The van der Waals surface area contributed by atoms with Crippen LogP contribution in [0.3, 0.4) is 0 Å². The zero-order valence-corrected chi connectivity index (χ0v) is 10.6. The largest absolute Gasteiger partial charge is 0.481 e.